The van der Waals surface area contributed by atoms with Crippen molar-refractivity contribution in [3.05, 3.63) is 11.5 Å². The summed E-state index contributed by atoms with van der Waals surface area (Å²) in [6.45, 7) is -0.117. The van der Waals surface area contributed by atoms with Crippen molar-refractivity contribution in [1.29, 1.82) is 0 Å². The summed E-state index contributed by atoms with van der Waals surface area (Å²) < 4.78 is 40.5. The number of carbonyl (C=O) groups is 1. The van der Waals surface area contributed by atoms with Gasteiger partial charge in [-0.25, -0.2) is 0 Å². The third-order valence-electron chi connectivity index (χ3n) is 11.3. The second kappa shape index (κ2) is 17.0. The Labute approximate surface area is 308 Å². The second-order valence-corrected chi connectivity index (χ2v) is 15.0. The number of aliphatic hydroxyl groups is 13. The largest absolute Gasteiger partial charge is 0.489 e. The summed E-state index contributed by atoms with van der Waals surface area (Å²) in [6, 6.07) is 0. The van der Waals surface area contributed by atoms with E-state index in [4.69, 9.17) is 33.2 Å². The van der Waals surface area contributed by atoms with Gasteiger partial charge in [-0.1, -0.05) is 0 Å². The number of rotatable bonds is 9. The molecular formula is C33H52O21. The zero-order valence-electron chi connectivity index (χ0n) is 29.2. The lowest BCUT2D eigenvalue weighted by atomic mass is 9.75. The Morgan fingerprint density at radius 2 is 1.30 bits per heavy atom. The molecule has 4 heterocycles. The Morgan fingerprint density at radius 1 is 0.648 bits per heavy atom. The molecule has 4 aliphatic heterocycles. The molecule has 16 unspecified atom stereocenters. The standard InChI is InChI=1S/C33H52O21/c1-9-19(39)22(42)25(45)31(49-9)48-8-17-29(53-32-26(46)23(43)20(40)16(7-34)51-32)24(44)27(47)33(52-17)54-30-21(41)18-14(38)5-11(35)6-15(18)50-28(30)10-2-3-12(36)13(37)4-10/h9-20,22-27,29,31-40,42-47H,2-8H2,1H3/t9?,10?,11?,12?,13?,14?,15?,16?,17?,18?,19-,20+,22?,23?,24?,25?,26?,27?,29+,31+,32-,33-/m0/s1. The molecule has 21 nitrogen and oxygen atoms in total. The Kier molecular flexibility index (Phi) is 13.2. The van der Waals surface area contributed by atoms with E-state index in [2.05, 4.69) is 0 Å². The van der Waals surface area contributed by atoms with E-state index in [1.54, 1.807) is 0 Å². The first-order valence-electron chi connectivity index (χ1n) is 18.1. The highest BCUT2D eigenvalue weighted by Gasteiger charge is 2.55. The van der Waals surface area contributed by atoms with E-state index in [0.29, 0.717) is 0 Å². The lowest BCUT2D eigenvalue weighted by molar-refractivity contribution is -0.363. The molecule has 6 aliphatic rings. The first-order chi connectivity index (χ1) is 25.5. The molecule has 310 valence electrons. The SMILES string of the molecule is CC1O[C@@H](OCC2O[C@@H](OC3=C(C4CCC(O)C(O)C4)OC4CC(O)CC(O)C4C3=O)C(O)C(O)[C@@H]2O[C@@H]2OC(CO)[C@@H](O)C(O)C2O)C(O)C(O)[C@H]1O. The number of fused-ring (bicyclic) bond motifs is 1. The molecule has 21 heteroatoms. The number of ether oxygens (including phenoxy) is 7. The molecule has 2 saturated carbocycles. The van der Waals surface area contributed by atoms with Crippen LogP contribution in [0.1, 0.15) is 39.0 Å². The van der Waals surface area contributed by atoms with E-state index >= 15 is 0 Å². The summed E-state index contributed by atoms with van der Waals surface area (Å²) in [4.78, 5) is 14.1. The third-order valence-corrected chi connectivity index (χ3v) is 11.3. The van der Waals surface area contributed by atoms with Crippen LogP contribution >= 0.6 is 0 Å². The molecule has 54 heavy (non-hydrogen) atoms. The van der Waals surface area contributed by atoms with Gasteiger partial charge in [0.15, 0.2) is 12.6 Å². The first-order valence-corrected chi connectivity index (χ1v) is 18.1. The van der Waals surface area contributed by atoms with Crippen molar-refractivity contribution in [3.63, 3.8) is 0 Å². The quantitative estimate of drug-likeness (QED) is 0.103. The van der Waals surface area contributed by atoms with E-state index in [-0.39, 0.29) is 37.9 Å². The fourth-order valence-corrected chi connectivity index (χ4v) is 8.00. The maximum absolute atomic E-state index is 14.1. The molecule has 0 aromatic heterocycles. The van der Waals surface area contributed by atoms with Crippen LogP contribution in [0.15, 0.2) is 11.5 Å². The monoisotopic (exact) mass is 784 g/mol. The van der Waals surface area contributed by atoms with Gasteiger partial charge < -0.3 is 99.5 Å². The van der Waals surface area contributed by atoms with Crippen LogP contribution in [0, 0.1) is 11.8 Å². The van der Waals surface area contributed by atoms with Crippen molar-refractivity contribution < 1.29 is 104 Å². The highest BCUT2D eigenvalue weighted by molar-refractivity contribution is 5.97. The van der Waals surface area contributed by atoms with Gasteiger partial charge in [0.05, 0.1) is 49.7 Å². The lowest BCUT2D eigenvalue weighted by Crippen LogP contribution is -2.65. The van der Waals surface area contributed by atoms with Crippen molar-refractivity contribution >= 4 is 5.78 Å². The van der Waals surface area contributed by atoms with Gasteiger partial charge in [-0.2, -0.15) is 0 Å². The molecule has 2 aliphatic carbocycles. The average Bonchev–Trinajstić information content (AvgIpc) is 3.13. The molecule has 0 spiro atoms. The van der Waals surface area contributed by atoms with Crippen LogP contribution in [0.3, 0.4) is 0 Å². The molecule has 0 aromatic rings. The predicted molar refractivity (Wildman–Crippen MR) is 170 cm³/mol. The number of Topliss-reactive ketones (excluding diaryl/α,β-unsaturated/α-hetero) is 1. The fraction of sp³-hybridized carbons (Fsp3) is 0.909. The molecular weight excluding hydrogens is 732 g/mol. The molecule has 3 saturated heterocycles. The topological polar surface area (TPSA) is 345 Å². The number of hydrogen-bond acceptors (Lipinski definition) is 21. The minimum atomic E-state index is -2.07. The van der Waals surface area contributed by atoms with Crippen LogP contribution < -0.4 is 0 Å². The van der Waals surface area contributed by atoms with Gasteiger partial charge in [-0.15, -0.1) is 0 Å². The number of aliphatic hydroxyl groups excluding tert-OH is 13. The molecule has 13 N–H and O–H groups in total. The van der Waals surface area contributed by atoms with Gasteiger partial charge in [0.1, 0.15) is 79.0 Å². The van der Waals surface area contributed by atoms with Gasteiger partial charge in [0, 0.05) is 18.8 Å². The van der Waals surface area contributed by atoms with Gasteiger partial charge in [-0.3, -0.25) is 4.79 Å². The Balaban J connectivity index is 1.30. The zero-order chi connectivity index (χ0) is 39.3. The van der Waals surface area contributed by atoms with E-state index in [0.717, 1.165) is 0 Å². The number of ketones is 1. The maximum Gasteiger partial charge on any atom is 0.229 e. The van der Waals surface area contributed by atoms with E-state index < -0.39 is 159 Å². The van der Waals surface area contributed by atoms with Gasteiger partial charge >= 0.3 is 0 Å². The van der Waals surface area contributed by atoms with Crippen LogP contribution in [0.25, 0.3) is 0 Å². The van der Waals surface area contributed by atoms with Gasteiger partial charge in [0.25, 0.3) is 0 Å². The van der Waals surface area contributed by atoms with E-state index in [9.17, 15) is 71.2 Å². The number of hydrogen-bond donors (Lipinski definition) is 13. The summed E-state index contributed by atoms with van der Waals surface area (Å²) in [7, 11) is 0. The van der Waals surface area contributed by atoms with Gasteiger partial charge in [-0.05, 0) is 26.2 Å². The molecule has 5 fully saturated rings. The van der Waals surface area contributed by atoms with Crippen LogP contribution in [0.2, 0.25) is 0 Å². The Morgan fingerprint density at radius 3 is 1.98 bits per heavy atom. The Hall–Kier alpha value is -1.71. The van der Waals surface area contributed by atoms with Crippen LogP contribution in [-0.2, 0) is 38.0 Å². The second-order valence-electron chi connectivity index (χ2n) is 15.0. The Bertz CT molecular complexity index is 1320. The summed E-state index contributed by atoms with van der Waals surface area (Å²) in [5.74, 6) is -3.31. The number of carbonyl (C=O) groups excluding carboxylic acids is 1. The average molecular weight is 785 g/mol. The van der Waals surface area contributed by atoms with Crippen LogP contribution in [0.4, 0.5) is 0 Å². The summed E-state index contributed by atoms with van der Waals surface area (Å²) in [5, 5.41) is 136. The summed E-state index contributed by atoms with van der Waals surface area (Å²) in [5.41, 5.74) is 0. The fourth-order valence-electron chi connectivity index (χ4n) is 8.00. The minimum absolute atomic E-state index is 0.0147. The zero-order valence-corrected chi connectivity index (χ0v) is 29.2. The van der Waals surface area contributed by atoms with Crippen molar-refractivity contribution in [1.82, 2.24) is 0 Å². The smallest absolute Gasteiger partial charge is 0.229 e. The van der Waals surface area contributed by atoms with Crippen LogP contribution in [-0.4, -0.2) is 208 Å². The maximum atomic E-state index is 14.1. The normalized spacial score (nSPS) is 51.7. The highest BCUT2D eigenvalue weighted by atomic mass is 16.8. The molecule has 6 rings (SSSR count). The first kappa shape index (κ1) is 41.9. The molecule has 0 radical (unpaired) electrons. The summed E-state index contributed by atoms with van der Waals surface area (Å²) >= 11 is 0. The lowest BCUT2D eigenvalue weighted by Gasteiger charge is -2.47. The van der Waals surface area contributed by atoms with Crippen molar-refractivity contribution in [2.24, 2.45) is 11.8 Å². The molecule has 0 amide bonds. The summed E-state index contributed by atoms with van der Waals surface area (Å²) in [6.07, 6.45) is -31.3. The molecule has 0 bridgehead atoms. The number of allylic oxidation sites excluding steroid dienone is 2. The minimum Gasteiger partial charge on any atom is -0.489 e. The third kappa shape index (κ3) is 8.17. The molecule has 22 atom stereocenters. The van der Waals surface area contributed by atoms with Crippen LogP contribution in [0.5, 0.6) is 0 Å². The van der Waals surface area contributed by atoms with Crippen molar-refractivity contribution in [2.45, 2.75) is 162 Å². The molecule has 0 aromatic carbocycles. The van der Waals surface area contributed by atoms with E-state index in [1.807, 2.05) is 0 Å². The van der Waals surface area contributed by atoms with E-state index in [1.165, 1.54) is 6.92 Å². The predicted octanol–water partition coefficient (Wildman–Crippen LogP) is -6.69. The van der Waals surface area contributed by atoms with Crippen molar-refractivity contribution in [3.8, 4) is 0 Å². The van der Waals surface area contributed by atoms with Gasteiger partial charge in [0.2, 0.25) is 17.8 Å². The van der Waals surface area contributed by atoms with Crippen molar-refractivity contribution in [2.75, 3.05) is 13.2 Å². The highest BCUT2D eigenvalue weighted by Crippen LogP contribution is 2.43.